The fourth-order valence-electron chi connectivity index (χ4n) is 4.84. The lowest BCUT2D eigenvalue weighted by Crippen LogP contribution is -2.35. The standard InChI is InChI=1S/C29H35N3O4/c1-29(2,3)18-12-13-23(36-7)20(16-18)26(33)24-25(32(15-14-30(4)5)28(35)27(24)34)21-17-31(6)22-11-9-8-10-19(21)22/h8-13,16-17,25,33H,14-15H2,1-7H3/b26-24+. The molecule has 0 spiro atoms. The molecule has 0 aliphatic carbocycles. The van der Waals surface area contributed by atoms with Crippen molar-refractivity contribution in [2.24, 2.45) is 7.05 Å². The molecule has 7 nitrogen and oxygen atoms in total. The van der Waals surface area contributed by atoms with Gasteiger partial charge in [-0.2, -0.15) is 0 Å². The van der Waals surface area contributed by atoms with E-state index in [1.54, 1.807) is 11.0 Å². The average molecular weight is 490 g/mol. The molecule has 2 aromatic carbocycles. The topological polar surface area (TPSA) is 75.0 Å². The molecule has 1 unspecified atom stereocenters. The molecule has 7 heteroatoms. The van der Waals surface area contributed by atoms with E-state index in [9.17, 15) is 14.7 Å². The maximum atomic E-state index is 13.5. The van der Waals surface area contributed by atoms with Gasteiger partial charge in [0, 0.05) is 42.8 Å². The van der Waals surface area contributed by atoms with Crippen LogP contribution in [0.15, 0.2) is 54.2 Å². The molecule has 1 aliphatic heterocycles. The molecular formula is C29H35N3O4. The van der Waals surface area contributed by atoms with E-state index in [0.29, 0.717) is 24.4 Å². The molecule has 0 bridgehead atoms. The van der Waals surface area contributed by atoms with E-state index in [1.807, 2.05) is 73.2 Å². The number of carbonyl (C=O) groups is 2. The molecule has 36 heavy (non-hydrogen) atoms. The zero-order valence-electron chi connectivity index (χ0n) is 22.1. The van der Waals surface area contributed by atoms with Gasteiger partial charge < -0.3 is 24.2 Å². The Kier molecular flexibility index (Phi) is 6.71. The first kappa shape index (κ1) is 25.5. The number of carbonyl (C=O) groups excluding carboxylic acids is 2. The van der Waals surface area contributed by atoms with Crippen LogP contribution in [0.2, 0.25) is 0 Å². The number of para-hydroxylation sites is 1. The lowest BCUT2D eigenvalue weighted by molar-refractivity contribution is -0.140. The number of aryl methyl sites for hydroxylation is 1. The van der Waals surface area contributed by atoms with Crippen LogP contribution in [0.4, 0.5) is 0 Å². The van der Waals surface area contributed by atoms with Crippen molar-refractivity contribution in [2.45, 2.75) is 32.2 Å². The second-order valence-electron chi connectivity index (χ2n) is 10.7. The minimum atomic E-state index is -0.723. The van der Waals surface area contributed by atoms with Gasteiger partial charge in [-0.1, -0.05) is 45.0 Å². The third-order valence-electron chi connectivity index (χ3n) is 6.87. The molecule has 1 amide bonds. The lowest BCUT2D eigenvalue weighted by Gasteiger charge is -2.26. The van der Waals surface area contributed by atoms with Crippen molar-refractivity contribution >= 4 is 28.4 Å². The molecule has 1 saturated heterocycles. The van der Waals surface area contributed by atoms with Crippen molar-refractivity contribution < 1.29 is 19.4 Å². The Morgan fingerprint density at radius 2 is 1.81 bits per heavy atom. The molecule has 1 atom stereocenters. The number of ether oxygens (including phenoxy) is 1. The molecule has 1 aliphatic rings. The van der Waals surface area contributed by atoms with Gasteiger partial charge in [-0.25, -0.2) is 0 Å². The van der Waals surface area contributed by atoms with Gasteiger partial charge in [-0.05, 0) is 43.3 Å². The number of nitrogens with zero attached hydrogens (tertiary/aromatic N) is 3. The molecular weight excluding hydrogens is 454 g/mol. The van der Waals surface area contributed by atoms with Gasteiger partial charge in [0.15, 0.2) is 0 Å². The van der Waals surface area contributed by atoms with Gasteiger partial charge in [0.25, 0.3) is 11.7 Å². The van der Waals surface area contributed by atoms with Crippen molar-refractivity contribution in [3.8, 4) is 5.75 Å². The molecule has 0 saturated carbocycles. The van der Waals surface area contributed by atoms with E-state index in [0.717, 1.165) is 22.0 Å². The summed E-state index contributed by atoms with van der Waals surface area (Å²) in [5.41, 5.74) is 3.07. The number of aromatic nitrogens is 1. The van der Waals surface area contributed by atoms with Crippen LogP contribution in [-0.2, 0) is 22.1 Å². The number of aliphatic hydroxyl groups excluding tert-OH is 1. The zero-order chi connectivity index (χ0) is 26.4. The molecule has 3 aromatic rings. The summed E-state index contributed by atoms with van der Waals surface area (Å²) in [5, 5.41) is 12.6. The molecule has 2 heterocycles. The summed E-state index contributed by atoms with van der Waals surface area (Å²) in [6, 6.07) is 12.8. The Labute approximate surface area is 212 Å². The first-order valence-corrected chi connectivity index (χ1v) is 12.1. The highest BCUT2D eigenvalue weighted by Crippen LogP contribution is 2.44. The van der Waals surface area contributed by atoms with E-state index in [1.165, 1.54) is 7.11 Å². The number of hydrogen-bond donors (Lipinski definition) is 1. The summed E-state index contributed by atoms with van der Waals surface area (Å²) in [7, 11) is 7.31. The number of ketones is 1. The first-order chi connectivity index (χ1) is 17.0. The van der Waals surface area contributed by atoms with Crippen molar-refractivity contribution in [3.05, 3.63) is 70.9 Å². The highest BCUT2D eigenvalue weighted by molar-refractivity contribution is 6.46. The Morgan fingerprint density at radius 1 is 1.11 bits per heavy atom. The van der Waals surface area contributed by atoms with E-state index in [2.05, 4.69) is 20.8 Å². The molecule has 0 radical (unpaired) electrons. The van der Waals surface area contributed by atoms with Gasteiger partial charge in [0.05, 0.1) is 24.3 Å². The van der Waals surface area contributed by atoms with E-state index in [-0.39, 0.29) is 16.7 Å². The quantitative estimate of drug-likeness (QED) is 0.314. The fourth-order valence-corrected chi connectivity index (χ4v) is 4.84. The summed E-state index contributed by atoms with van der Waals surface area (Å²) >= 11 is 0. The summed E-state index contributed by atoms with van der Waals surface area (Å²) in [6.45, 7) is 7.16. The Hall–Kier alpha value is -3.58. The Morgan fingerprint density at radius 3 is 2.44 bits per heavy atom. The predicted octanol–water partition coefficient (Wildman–Crippen LogP) is 4.47. The number of hydrogen-bond acceptors (Lipinski definition) is 5. The van der Waals surface area contributed by atoms with E-state index in [4.69, 9.17) is 4.74 Å². The summed E-state index contributed by atoms with van der Waals surface area (Å²) in [5.74, 6) is -1.08. The van der Waals surface area contributed by atoms with Crippen LogP contribution >= 0.6 is 0 Å². The second kappa shape index (κ2) is 9.47. The van der Waals surface area contributed by atoms with Crippen LogP contribution in [0.25, 0.3) is 16.7 Å². The third kappa shape index (κ3) is 4.39. The minimum Gasteiger partial charge on any atom is -0.507 e. The van der Waals surface area contributed by atoms with Crippen molar-refractivity contribution in [1.82, 2.24) is 14.4 Å². The summed E-state index contributed by atoms with van der Waals surface area (Å²) < 4.78 is 7.55. The predicted molar refractivity (Wildman–Crippen MR) is 142 cm³/mol. The van der Waals surface area contributed by atoms with Gasteiger partial charge in [0.1, 0.15) is 11.5 Å². The number of amides is 1. The SMILES string of the molecule is COc1ccc(C(C)(C)C)cc1/C(O)=C1\C(=O)C(=O)N(CCN(C)C)C1c1cn(C)c2ccccc12. The highest BCUT2D eigenvalue weighted by Gasteiger charge is 2.47. The Bertz CT molecular complexity index is 1360. The number of methoxy groups -OCH3 is 1. The molecule has 1 fully saturated rings. The molecule has 4 rings (SSSR count). The second-order valence-corrected chi connectivity index (χ2v) is 10.7. The van der Waals surface area contributed by atoms with Crippen LogP contribution in [0, 0.1) is 0 Å². The number of aliphatic hydroxyl groups is 1. The van der Waals surface area contributed by atoms with Crippen LogP contribution in [0.5, 0.6) is 5.75 Å². The summed E-state index contributed by atoms with van der Waals surface area (Å²) in [4.78, 5) is 30.4. The van der Waals surface area contributed by atoms with Gasteiger partial charge in [-0.3, -0.25) is 9.59 Å². The number of Topliss-reactive ketones (excluding diaryl/α,β-unsaturated/α-hetero) is 1. The monoisotopic (exact) mass is 489 g/mol. The van der Waals surface area contributed by atoms with E-state index >= 15 is 0 Å². The molecule has 1 aromatic heterocycles. The zero-order valence-corrected chi connectivity index (χ0v) is 22.1. The number of rotatable bonds is 6. The normalized spacial score (nSPS) is 18.0. The van der Waals surface area contributed by atoms with Gasteiger partial charge >= 0.3 is 0 Å². The average Bonchev–Trinajstić information content (AvgIpc) is 3.29. The van der Waals surface area contributed by atoms with E-state index < -0.39 is 17.7 Å². The van der Waals surface area contributed by atoms with Crippen LogP contribution < -0.4 is 4.74 Å². The first-order valence-electron chi connectivity index (χ1n) is 12.1. The van der Waals surface area contributed by atoms with Gasteiger partial charge in [0.2, 0.25) is 0 Å². The van der Waals surface area contributed by atoms with Crippen LogP contribution in [0.3, 0.4) is 0 Å². The van der Waals surface area contributed by atoms with Crippen molar-refractivity contribution in [1.29, 1.82) is 0 Å². The fraction of sp³-hybridized carbons (Fsp3) is 0.379. The van der Waals surface area contributed by atoms with Crippen LogP contribution in [0.1, 0.15) is 43.5 Å². The number of likely N-dealkylation sites (N-methyl/N-ethyl adjacent to an activating group) is 1. The Balaban J connectivity index is 1.99. The van der Waals surface area contributed by atoms with Crippen molar-refractivity contribution in [2.75, 3.05) is 34.3 Å². The molecule has 1 N–H and O–H groups in total. The molecule has 190 valence electrons. The number of fused-ring (bicyclic) bond motifs is 1. The van der Waals surface area contributed by atoms with Crippen molar-refractivity contribution in [3.63, 3.8) is 0 Å². The largest absolute Gasteiger partial charge is 0.507 e. The number of likely N-dealkylation sites (tertiary alicyclic amines) is 1. The van der Waals surface area contributed by atoms with Gasteiger partial charge in [-0.15, -0.1) is 0 Å². The minimum absolute atomic E-state index is 0.0828. The third-order valence-corrected chi connectivity index (χ3v) is 6.87. The maximum absolute atomic E-state index is 13.5. The smallest absolute Gasteiger partial charge is 0.295 e. The summed E-state index contributed by atoms with van der Waals surface area (Å²) in [6.07, 6.45) is 1.94. The van der Waals surface area contributed by atoms with Crippen LogP contribution in [-0.4, -0.2) is 65.5 Å². The highest BCUT2D eigenvalue weighted by atomic mass is 16.5. The number of benzene rings is 2. The maximum Gasteiger partial charge on any atom is 0.295 e. The lowest BCUT2D eigenvalue weighted by atomic mass is 9.85.